The zero-order valence-corrected chi connectivity index (χ0v) is 13.5. The summed E-state index contributed by atoms with van der Waals surface area (Å²) in [6.45, 7) is 6.19. The van der Waals surface area contributed by atoms with E-state index in [1.165, 1.54) is 0 Å². The molecule has 1 unspecified atom stereocenters. The van der Waals surface area contributed by atoms with Gasteiger partial charge < -0.3 is 10.6 Å². The van der Waals surface area contributed by atoms with Crippen LogP contribution in [0.3, 0.4) is 0 Å². The normalized spacial score (nSPS) is 19.2. The average molecular weight is 334 g/mol. The van der Waals surface area contributed by atoms with E-state index in [-0.39, 0.29) is 28.6 Å². The molecule has 19 heavy (non-hydrogen) atoms. The smallest absolute Gasteiger partial charge is 0.234 e. The molecule has 1 fully saturated rings. The van der Waals surface area contributed by atoms with Crippen LogP contribution in [-0.4, -0.2) is 54.3 Å². The van der Waals surface area contributed by atoms with Gasteiger partial charge in [0, 0.05) is 26.2 Å². The van der Waals surface area contributed by atoms with Crippen molar-refractivity contribution in [2.75, 3.05) is 26.7 Å². The molecule has 1 saturated heterocycles. The Labute approximate surface area is 123 Å². The van der Waals surface area contributed by atoms with Crippen molar-refractivity contribution in [3.05, 3.63) is 0 Å². The quantitative estimate of drug-likeness (QED) is 0.729. The number of halogens is 1. The van der Waals surface area contributed by atoms with Crippen LogP contribution in [0.25, 0.3) is 0 Å². The number of amides is 2. The van der Waals surface area contributed by atoms with Gasteiger partial charge in [0.05, 0.1) is 11.4 Å². The number of likely N-dealkylation sites (tertiary alicyclic amines) is 1. The standard InChI is InChI=1S/C13H24BrN3O2/c1-9(2)12(14)13(19)16-10-4-6-17(7-5-10)8-11(18)15-3/h9-10,12H,4-8H2,1-3H3,(H,15,18)(H,16,19). The molecule has 0 aliphatic carbocycles. The fourth-order valence-corrected chi connectivity index (χ4v) is 2.23. The van der Waals surface area contributed by atoms with Gasteiger partial charge >= 0.3 is 0 Å². The Morgan fingerprint density at radius 2 is 1.89 bits per heavy atom. The minimum Gasteiger partial charge on any atom is -0.358 e. The van der Waals surface area contributed by atoms with Gasteiger partial charge in [-0.25, -0.2) is 0 Å². The highest BCUT2D eigenvalue weighted by molar-refractivity contribution is 9.10. The molecule has 1 aliphatic rings. The molecular weight excluding hydrogens is 310 g/mol. The van der Waals surface area contributed by atoms with Gasteiger partial charge in [0.15, 0.2) is 0 Å². The van der Waals surface area contributed by atoms with Crippen molar-refractivity contribution in [3.63, 3.8) is 0 Å². The van der Waals surface area contributed by atoms with Crippen LogP contribution < -0.4 is 10.6 Å². The molecular formula is C13H24BrN3O2. The summed E-state index contributed by atoms with van der Waals surface area (Å²) in [6.07, 6.45) is 1.81. The molecule has 1 heterocycles. The predicted octanol–water partition coefficient (Wildman–Crippen LogP) is 0.733. The highest BCUT2D eigenvalue weighted by atomic mass is 79.9. The summed E-state index contributed by atoms with van der Waals surface area (Å²) in [5.74, 6) is 0.399. The van der Waals surface area contributed by atoms with E-state index >= 15 is 0 Å². The van der Waals surface area contributed by atoms with Crippen molar-refractivity contribution >= 4 is 27.7 Å². The summed E-state index contributed by atoms with van der Waals surface area (Å²) < 4.78 is 0. The third kappa shape index (κ3) is 5.48. The second kappa shape index (κ2) is 7.85. The molecule has 6 heteroatoms. The Kier molecular flexibility index (Phi) is 6.79. The van der Waals surface area contributed by atoms with Crippen molar-refractivity contribution in [2.45, 2.75) is 37.6 Å². The molecule has 1 atom stereocenters. The van der Waals surface area contributed by atoms with Crippen LogP contribution in [0, 0.1) is 5.92 Å². The van der Waals surface area contributed by atoms with E-state index in [1.54, 1.807) is 7.05 Å². The number of hydrogen-bond donors (Lipinski definition) is 2. The summed E-state index contributed by atoms with van der Waals surface area (Å²) in [5.41, 5.74) is 0. The van der Waals surface area contributed by atoms with Crippen LogP contribution in [-0.2, 0) is 9.59 Å². The number of nitrogens with one attached hydrogen (secondary N) is 2. The lowest BCUT2D eigenvalue weighted by Gasteiger charge is -2.32. The lowest BCUT2D eigenvalue weighted by Crippen LogP contribution is -2.48. The summed E-state index contributed by atoms with van der Waals surface area (Å²) in [6, 6.07) is 0.229. The highest BCUT2D eigenvalue weighted by Gasteiger charge is 2.25. The third-order valence-electron chi connectivity index (χ3n) is 3.42. The molecule has 0 radical (unpaired) electrons. The first kappa shape index (κ1) is 16.4. The van der Waals surface area contributed by atoms with Crippen LogP contribution >= 0.6 is 15.9 Å². The molecule has 2 amide bonds. The zero-order chi connectivity index (χ0) is 14.4. The molecule has 2 N–H and O–H groups in total. The van der Waals surface area contributed by atoms with E-state index in [0.717, 1.165) is 25.9 Å². The molecule has 0 saturated carbocycles. The number of hydrogen-bond acceptors (Lipinski definition) is 3. The van der Waals surface area contributed by atoms with Crippen LogP contribution in [0.2, 0.25) is 0 Å². The van der Waals surface area contributed by atoms with E-state index in [4.69, 9.17) is 0 Å². The largest absolute Gasteiger partial charge is 0.358 e. The number of rotatable bonds is 5. The zero-order valence-electron chi connectivity index (χ0n) is 11.9. The lowest BCUT2D eigenvalue weighted by atomic mass is 10.0. The number of carbonyl (C=O) groups excluding carboxylic acids is 2. The van der Waals surface area contributed by atoms with E-state index in [2.05, 4.69) is 31.5 Å². The molecule has 5 nitrogen and oxygen atoms in total. The van der Waals surface area contributed by atoms with Crippen LogP contribution in [0.5, 0.6) is 0 Å². The first-order valence-corrected chi connectivity index (χ1v) is 7.73. The first-order valence-electron chi connectivity index (χ1n) is 6.81. The molecule has 1 rings (SSSR count). The lowest BCUT2D eigenvalue weighted by molar-refractivity contribution is -0.124. The molecule has 0 aromatic heterocycles. The minimum atomic E-state index is -0.128. The third-order valence-corrected chi connectivity index (χ3v) is 4.89. The fourth-order valence-electron chi connectivity index (χ4n) is 2.10. The Balaban J connectivity index is 2.30. The maximum absolute atomic E-state index is 11.9. The van der Waals surface area contributed by atoms with E-state index in [9.17, 15) is 9.59 Å². The van der Waals surface area contributed by atoms with E-state index in [1.807, 2.05) is 13.8 Å². The molecule has 0 spiro atoms. The van der Waals surface area contributed by atoms with Crippen LogP contribution in [0.4, 0.5) is 0 Å². The summed E-state index contributed by atoms with van der Waals surface area (Å²) in [5, 5.41) is 5.70. The van der Waals surface area contributed by atoms with Crippen molar-refractivity contribution in [1.82, 2.24) is 15.5 Å². The number of carbonyl (C=O) groups is 2. The average Bonchev–Trinajstić information content (AvgIpc) is 2.39. The minimum absolute atomic E-state index is 0.0443. The topological polar surface area (TPSA) is 61.4 Å². The van der Waals surface area contributed by atoms with Gasteiger partial charge in [-0.1, -0.05) is 29.8 Å². The van der Waals surface area contributed by atoms with Crippen LogP contribution in [0.1, 0.15) is 26.7 Å². The van der Waals surface area contributed by atoms with Gasteiger partial charge in [-0.2, -0.15) is 0 Å². The predicted molar refractivity (Wildman–Crippen MR) is 79.2 cm³/mol. The molecule has 1 aliphatic heterocycles. The monoisotopic (exact) mass is 333 g/mol. The Bertz CT molecular complexity index is 315. The van der Waals surface area contributed by atoms with Crippen molar-refractivity contribution in [1.29, 1.82) is 0 Å². The Hall–Kier alpha value is -0.620. The summed E-state index contributed by atoms with van der Waals surface area (Å²) >= 11 is 3.41. The van der Waals surface area contributed by atoms with Crippen molar-refractivity contribution in [2.24, 2.45) is 5.92 Å². The number of likely N-dealkylation sites (N-methyl/N-ethyl adjacent to an activating group) is 1. The summed E-state index contributed by atoms with van der Waals surface area (Å²) in [4.78, 5) is 25.2. The Morgan fingerprint density at radius 1 is 1.32 bits per heavy atom. The molecule has 0 aromatic carbocycles. The number of piperidine rings is 1. The van der Waals surface area contributed by atoms with Gasteiger partial charge in [-0.3, -0.25) is 14.5 Å². The van der Waals surface area contributed by atoms with E-state index in [0.29, 0.717) is 6.54 Å². The van der Waals surface area contributed by atoms with Crippen molar-refractivity contribution < 1.29 is 9.59 Å². The van der Waals surface area contributed by atoms with Gasteiger partial charge in [-0.15, -0.1) is 0 Å². The number of nitrogens with zero attached hydrogens (tertiary/aromatic N) is 1. The Morgan fingerprint density at radius 3 is 2.37 bits per heavy atom. The van der Waals surface area contributed by atoms with Gasteiger partial charge in [0.2, 0.25) is 11.8 Å². The van der Waals surface area contributed by atoms with Crippen molar-refractivity contribution in [3.8, 4) is 0 Å². The van der Waals surface area contributed by atoms with Gasteiger partial charge in [0.25, 0.3) is 0 Å². The summed E-state index contributed by atoms with van der Waals surface area (Å²) in [7, 11) is 1.65. The molecule has 110 valence electrons. The van der Waals surface area contributed by atoms with Gasteiger partial charge in [0.1, 0.15) is 0 Å². The SMILES string of the molecule is CNC(=O)CN1CCC(NC(=O)C(Br)C(C)C)CC1. The maximum Gasteiger partial charge on any atom is 0.234 e. The second-order valence-corrected chi connectivity index (χ2v) is 6.36. The first-order chi connectivity index (χ1) is 8.93. The molecule has 0 aromatic rings. The van der Waals surface area contributed by atoms with Crippen LogP contribution in [0.15, 0.2) is 0 Å². The highest BCUT2D eigenvalue weighted by Crippen LogP contribution is 2.15. The van der Waals surface area contributed by atoms with E-state index < -0.39 is 0 Å². The fraction of sp³-hybridized carbons (Fsp3) is 0.846. The maximum atomic E-state index is 11.9. The number of alkyl halides is 1. The van der Waals surface area contributed by atoms with Gasteiger partial charge in [-0.05, 0) is 18.8 Å². The second-order valence-electron chi connectivity index (χ2n) is 5.38. The molecule has 0 bridgehead atoms.